The number of anilines is 1. The Morgan fingerprint density at radius 1 is 1.40 bits per heavy atom. The minimum atomic E-state index is -1.04. The standard InChI is InChI=1S/C14H17BrN2O3/c1-2-14(6-3-7-14)17-13(20)16-9-4-5-11(15)10(8-9)12(18)19/h4-5,8H,2-3,6-7H2,1H3,(H,18,19)(H2,16,17,20). The van der Waals surface area contributed by atoms with Gasteiger partial charge in [0.05, 0.1) is 5.56 Å². The minimum Gasteiger partial charge on any atom is -0.478 e. The monoisotopic (exact) mass is 340 g/mol. The number of halogens is 1. The molecule has 1 fully saturated rings. The highest BCUT2D eigenvalue weighted by molar-refractivity contribution is 9.10. The summed E-state index contributed by atoms with van der Waals surface area (Å²) in [5.74, 6) is -1.04. The molecule has 1 aromatic rings. The Morgan fingerprint density at radius 2 is 2.10 bits per heavy atom. The van der Waals surface area contributed by atoms with Crippen molar-refractivity contribution in [2.24, 2.45) is 0 Å². The second-order valence-corrected chi connectivity index (χ2v) is 5.92. The van der Waals surface area contributed by atoms with Crippen molar-refractivity contribution in [1.82, 2.24) is 5.32 Å². The van der Waals surface area contributed by atoms with Gasteiger partial charge in [0.15, 0.2) is 0 Å². The van der Waals surface area contributed by atoms with Gasteiger partial charge in [-0.25, -0.2) is 9.59 Å². The maximum Gasteiger partial charge on any atom is 0.336 e. The van der Waals surface area contributed by atoms with Crippen molar-refractivity contribution < 1.29 is 14.7 Å². The molecule has 1 saturated carbocycles. The number of rotatable bonds is 4. The Hall–Kier alpha value is -1.56. The van der Waals surface area contributed by atoms with Crippen molar-refractivity contribution in [3.8, 4) is 0 Å². The Labute approximate surface area is 125 Å². The fraction of sp³-hybridized carbons (Fsp3) is 0.429. The Bertz CT molecular complexity index is 536. The lowest BCUT2D eigenvalue weighted by atomic mass is 9.75. The minimum absolute atomic E-state index is 0.0882. The Balaban J connectivity index is 2.04. The largest absolute Gasteiger partial charge is 0.478 e. The molecule has 1 aromatic carbocycles. The van der Waals surface area contributed by atoms with E-state index in [1.165, 1.54) is 6.07 Å². The number of benzene rings is 1. The van der Waals surface area contributed by atoms with Crippen molar-refractivity contribution in [2.75, 3.05) is 5.32 Å². The van der Waals surface area contributed by atoms with Crippen LogP contribution >= 0.6 is 15.9 Å². The van der Waals surface area contributed by atoms with E-state index in [9.17, 15) is 9.59 Å². The zero-order chi connectivity index (χ0) is 14.8. The second kappa shape index (κ2) is 5.83. The van der Waals surface area contributed by atoms with Gasteiger partial charge in [-0.3, -0.25) is 0 Å². The summed E-state index contributed by atoms with van der Waals surface area (Å²) in [6.07, 6.45) is 4.03. The summed E-state index contributed by atoms with van der Waals surface area (Å²) >= 11 is 3.17. The SMILES string of the molecule is CCC1(NC(=O)Nc2ccc(Br)c(C(=O)O)c2)CCC1. The summed E-state index contributed by atoms with van der Waals surface area (Å²) in [6, 6.07) is 4.42. The molecule has 6 heteroatoms. The lowest BCUT2D eigenvalue weighted by Crippen LogP contribution is -2.54. The van der Waals surface area contributed by atoms with Crippen LogP contribution in [-0.4, -0.2) is 22.6 Å². The second-order valence-electron chi connectivity index (χ2n) is 5.07. The molecule has 0 radical (unpaired) electrons. The van der Waals surface area contributed by atoms with E-state index in [0.29, 0.717) is 10.2 Å². The molecule has 0 unspecified atom stereocenters. The van der Waals surface area contributed by atoms with E-state index in [-0.39, 0.29) is 17.1 Å². The molecule has 108 valence electrons. The van der Waals surface area contributed by atoms with Gasteiger partial charge in [0.1, 0.15) is 0 Å². The molecule has 2 rings (SSSR count). The number of carbonyl (C=O) groups is 2. The van der Waals surface area contributed by atoms with E-state index < -0.39 is 5.97 Å². The number of amides is 2. The third-order valence-electron chi connectivity index (χ3n) is 3.82. The van der Waals surface area contributed by atoms with E-state index in [0.717, 1.165) is 25.7 Å². The summed E-state index contributed by atoms with van der Waals surface area (Å²) in [7, 11) is 0. The number of aromatic carboxylic acids is 1. The average molecular weight is 341 g/mol. The zero-order valence-corrected chi connectivity index (χ0v) is 12.8. The van der Waals surface area contributed by atoms with Crippen molar-refractivity contribution in [3.63, 3.8) is 0 Å². The normalized spacial score (nSPS) is 16.1. The molecule has 0 saturated heterocycles. The highest BCUT2D eigenvalue weighted by atomic mass is 79.9. The van der Waals surface area contributed by atoms with Crippen molar-refractivity contribution in [1.29, 1.82) is 0 Å². The third-order valence-corrected chi connectivity index (χ3v) is 4.51. The Morgan fingerprint density at radius 3 is 2.60 bits per heavy atom. The van der Waals surface area contributed by atoms with Crippen LogP contribution < -0.4 is 10.6 Å². The van der Waals surface area contributed by atoms with Gasteiger partial charge in [0.25, 0.3) is 0 Å². The van der Waals surface area contributed by atoms with Gasteiger partial charge in [0.2, 0.25) is 0 Å². The van der Waals surface area contributed by atoms with Crippen LogP contribution in [0.2, 0.25) is 0 Å². The molecule has 0 heterocycles. The predicted octanol–water partition coefficient (Wildman–Crippen LogP) is 3.60. The van der Waals surface area contributed by atoms with Crippen LogP contribution in [0.25, 0.3) is 0 Å². The molecular formula is C14H17BrN2O3. The van der Waals surface area contributed by atoms with E-state index in [1.807, 2.05) is 0 Å². The zero-order valence-electron chi connectivity index (χ0n) is 11.2. The molecular weight excluding hydrogens is 324 g/mol. The first-order valence-corrected chi connectivity index (χ1v) is 7.37. The van der Waals surface area contributed by atoms with E-state index in [4.69, 9.17) is 5.11 Å². The lowest BCUT2D eigenvalue weighted by Gasteiger charge is -2.41. The predicted molar refractivity (Wildman–Crippen MR) is 80.1 cm³/mol. The van der Waals surface area contributed by atoms with Crippen molar-refractivity contribution in [3.05, 3.63) is 28.2 Å². The van der Waals surface area contributed by atoms with Crippen LogP contribution in [0.5, 0.6) is 0 Å². The van der Waals surface area contributed by atoms with Gasteiger partial charge >= 0.3 is 12.0 Å². The quantitative estimate of drug-likeness (QED) is 0.783. The summed E-state index contributed by atoms with van der Waals surface area (Å²) in [5.41, 5.74) is 0.500. The molecule has 2 amide bonds. The van der Waals surface area contributed by atoms with Gasteiger partial charge in [-0.05, 0) is 59.8 Å². The first kappa shape index (κ1) is 14.8. The molecule has 0 atom stereocenters. The average Bonchev–Trinajstić information content (AvgIpc) is 2.36. The molecule has 0 aliphatic heterocycles. The number of carbonyl (C=O) groups excluding carboxylic acids is 1. The molecule has 0 spiro atoms. The highest BCUT2D eigenvalue weighted by Crippen LogP contribution is 2.34. The highest BCUT2D eigenvalue weighted by Gasteiger charge is 2.36. The first-order chi connectivity index (χ1) is 9.46. The maximum absolute atomic E-state index is 12.0. The maximum atomic E-state index is 12.0. The smallest absolute Gasteiger partial charge is 0.336 e. The number of hydrogen-bond donors (Lipinski definition) is 3. The fourth-order valence-corrected chi connectivity index (χ4v) is 2.76. The summed E-state index contributed by atoms with van der Waals surface area (Å²) in [5, 5.41) is 14.7. The van der Waals surface area contributed by atoms with Crippen LogP contribution in [0, 0.1) is 0 Å². The molecule has 0 aromatic heterocycles. The topological polar surface area (TPSA) is 78.4 Å². The molecule has 1 aliphatic carbocycles. The third kappa shape index (κ3) is 3.12. The molecule has 20 heavy (non-hydrogen) atoms. The number of urea groups is 1. The van der Waals surface area contributed by atoms with Gasteiger partial charge in [0, 0.05) is 15.7 Å². The van der Waals surface area contributed by atoms with Crippen LogP contribution in [0.4, 0.5) is 10.5 Å². The molecule has 1 aliphatic rings. The number of carboxylic acid groups (broad SMARTS) is 1. The fourth-order valence-electron chi connectivity index (χ4n) is 2.34. The number of carboxylic acids is 1. The van der Waals surface area contributed by atoms with Crippen LogP contribution in [0.3, 0.4) is 0 Å². The van der Waals surface area contributed by atoms with E-state index in [2.05, 4.69) is 33.5 Å². The van der Waals surface area contributed by atoms with Gasteiger partial charge in [-0.1, -0.05) is 6.92 Å². The molecule has 5 nitrogen and oxygen atoms in total. The van der Waals surface area contributed by atoms with Crippen LogP contribution in [0.15, 0.2) is 22.7 Å². The molecule has 0 bridgehead atoms. The van der Waals surface area contributed by atoms with Gasteiger partial charge in [-0.15, -0.1) is 0 Å². The van der Waals surface area contributed by atoms with Crippen LogP contribution in [-0.2, 0) is 0 Å². The van der Waals surface area contributed by atoms with E-state index in [1.54, 1.807) is 12.1 Å². The van der Waals surface area contributed by atoms with Crippen molar-refractivity contribution >= 4 is 33.6 Å². The van der Waals surface area contributed by atoms with Crippen molar-refractivity contribution in [2.45, 2.75) is 38.1 Å². The van der Waals surface area contributed by atoms with Gasteiger partial charge < -0.3 is 15.7 Å². The summed E-state index contributed by atoms with van der Waals surface area (Å²) in [4.78, 5) is 23.0. The number of hydrogen-bond acceptors (Lipinski definition) is 2. The lowest BCUT2D eigenvalue weighted by molar-refractivity contribution is 0.0696. The molecule has 3 N–H and O–H groups in total. The number of nitrogens with one attached hydrogen (secondary N) is 2. The first-order valence-electron chi connectivity index (χ1n) is 6.58. The van der Waals surface area contributed by atoms with E-state index >= 15 is 0 Å². The van der Waals surface area contributed by atoms with Gasteiger partial charge in [-0.2, -0.15) is 0 Å². The Kier molecular flexibility index (Phi) is 4.32. The van der Waals surface area contributed by atoms with Crippen LogP contribution in [0.1, 0.15) is 43.0 Å². The summed E-state index contributed by atoms with van der Waals surface area (Å²) in [6.45, 7) is 2.06. The summed E-state index contributed by atoms with van der Waals surface area (Å²) < 4.78 is 0.486.